The molecule has 0 aliphatic carbocycles. The van der Waals surface area contributed by atoms with Gasteiger partial charge in [-0.1, -0.05) is 11.6 Å². The number of nitrogens with one attached hydrogen (secondary N) is 1. The number of furan rings is 1. The summed E-state index contributed by atoms with van der Waals surface area (Å²) >= 11 is 5.99. The number of fused-ring (bicyclic) bond motifs is 1. The first-order valence-electron chi connectivity index (χ1n) is 6.54. The van der Waals surface area contributed by atoms with Crippen LogP contribution >= 0.6 is 11.6 Å². The van der Waals surface area contributed by atoms with Crippen molar-refractivity contribution in [3.63, 3.8) is 0 Å². The Hall–Kier alpha value is -2.05. The Kier molecular flexibility index (Phi) is 3.81. The second-order valence-electron chi connectivity index (χ2n) is 4.62. The number of carbonyl (C=O) groups excluding carboxylic acids is 2. The molecule has 110 valence electrons. The van der Waals surface area contributed by atoms with Crippen molar-refractivity contribution in [3.8, 4) is 0 Å². The van der Waals surface area contributed by atoms with E-state index in [4.69, 9.17) is 20.9 Å². The number of hydrogen-bond donors (Lipinski definition) is 1. The molecule has 2 amide bonds. The maximum Gasteiger partial charge on any atom is 0.265 e. The molecule has 1 fully saturated rings. The highest BCUT2D eigenvalue weighted by atomic mass is 35.5. The average Bonchev–Trinajstić information content (AvgIpc) is 3.15. The third-order valence-electron chi connectivity index (χ3n) is 3.24. The van der Waals surface area contributed by atoms with Crippen molar-refractivity contribution in [2.45, 2.75) is 6.42 Å². The van der Waals surface area contributed by atoms with E-state index in [1.165, 1.54) is 11.3 Å². The molecule has 2 heterocycles. The summed E-state index contributed by atoms with van der Waals surface area (Å²) < 4.78 is 5.24. The van der Waals surface area contributed by atoms with Crippen molar-refractivity contribution in [3.05, 3.63) is 35.0 Å². The highest BCUT2D eigenvalue weighted by molar-refractivity contribution is 6.35. The van der Waals surface area contributed by atoms with Crippen LogP contribution in [-0.4, -0.2) is 36.6 Å². The Morgan fingerprint density at radius 3 is 2.95 bits per heavy atom. The van der Waals surface area contributed by atoms with Gasteiger partial charge >= 0.3 is 0 Å². The minimum absolute atomic E-state index is 0.110. The summed E-state index contributed by atoms with van der Waals surface area (Å²) in [5.74, 6) is -0.621. The number of amides is 2. The lowest BCUT2D eigenvalue weighted by atomic mass is 10.1. The molecule has 1 aliphatic rings. The fourth-order valence-electron chi connectivity index (χ4n) is 2.21. The zero-order chi connectivity index (χ0) is 14.8. The van der Waals surface area contributed by atoms with Gasteiger partial charge in [-0.3, -0.25) is 14.4 Å². The van der Waals surface area contributed by atoms with Gasteiger partial charge in [0.1, 0.15) is 0 Å². The van der Waals surface area contributed by atoms with Gasteiger partial charge in [-0.25, -0.2) is 5.06 Å². The molecule has 0 spiro atoms. The number of nitrogens with zero attached hydrogens (tertiary/aromatic N) is 1. The van der Waals surface area contributed by atoms with Gasteiger partial charge in [-0.05, 0) is 24.6 Å². The van der Waals surface area contributed by atoms with Crippen LogP contribution in [0.15, 0.2) is 28.9 Å². The molecule has 7 heteroatoms. The predicted octanol–water partition coefficient (Wildman–Crippen LogP) is 1.98. The predicted molar refractivity (Wildman–Crippen MR) is 75.8 cm³/mol. The molecule has 1 N–H and O–H groups in total. The summed E-state index contributed by atoms with van der Waals surface area (Å²) in [6.45, 7) is 0.981. The van der Waals surface area contributed by atoms with E-state index in [1.807, 2.05) is 0 Å². The van der Waals surface area contributed by atoms with Crippen LogP contribution in [0.5, 0.6) is 0 Å². The molecule has 0 atom stereocenters. The molecule has 1 aromatic carbocycles. The van der Waals surface area contributed by atoms with E-state index in [0.29, 0.717) is 34.7 Å². The van der Waals surface area contributed by atoms with Gasteiger partial charge in [-0.2, -0.15) is 0 Å². The number of carbonyl (C=O) groups is 2. The zero-order valence-corrected chi connectivity index (χ0v) is 11.9. The first-order chi connectivity index (χ1) is 10.2. The zero-order valence-electron chi connectivity index (χ0n) is 11.1. The summed E-state index contributed by atoms with van der Waals surface area (Å²) in [4.78, 5) is 29.1. The topological polar surface area (TPSA) is 71.8 Å². The molecule has 1 saturated heterocycles. The maximum atomic E-state index is 12.2. The standard InChI is InChI=1S/C14H13ClN2O4/c15-11-3-2-10(9-4-7-20-13(9)11)14(19)16-8-12(18)17-5-1-6-21-17/h2-4,7H,1,5-6,8H2,(H,16,19). The van der Waals surface area contributed by atoms with Gasteiger partial charge < -0.3 is 9.73 Å². The molecule has 1 aliphatic heterocycles. The van der Waals surface area contributed by atoms with Crippen molar-refractivity contribution in [1.82, 2.24) is 10.4 Å². The number of halogens is 1. The normalized spacial score (nSPS) is 14.6. The summed E-state index contributed by atoms with van der Waals surface area (Å²) in [5, 5.41) is 4.91. The quantitative estimate of drug-likeness (QED) is 0.941. The van der Waals surface area contributed by atoms with Gasteiger partial charge in [0.15, 0.2) is 5.58 Å². The van der Waals surface area contributed by atoms with Crippen LogP contribution in [0, 0.1) is 0 Å². The molecular formula is C14H13ClN2O4. The largest absolute Gasteiger partial charge is 0.463 e. The van der Waals surface area contributed by atoms with E-state index in [9.17, 15) is 9.59 Å². The Balaban J connectivity index is 1.71. The van der Waals surface area contributed by atoms with E-state index in [-0.39, 0.29) is 18.4 Å². The Labute approximate surface area is 125 Å². The van der Waals surface area contributed by atoms with Crippen LogP contribution in [0.4, 0.5) is 0 Å². The lowest BCUT2D eigenvalue weighted by Gasteiger charge is -2.14. The SMILES string of the molecule is O=C(NCC(=O)N1CCCO1)c1ccc(Cl)c2occc12. The van der Waals surface area contributed by atoms with Crippen LogP contribution in [0.2, 0.25) is 5.02 Å². The van der Waals surface area contributed by atoms with Gasteiger partial charge in [0.25, 0.3) is 11.8 Å². The van der Waals surface area contributed by atoms with Crippen molar-refractivity contribution in [1.29, 1.82) is 0 Å². The molecule has 0 saturated carbocycles. The van der Waals surface area contributed by atoms with Crippen LogP contribution in [-0.2, 0) is 9.63 Å². The summed E-state index contributed by atoms with van der Waals surface area (Å²) in [6.07, 6.45) is 2.28. The molecule has 6 nitrogen and oxygen atoms in total. The van der Waals surface area contributed by atoms with Crippen LogP contribution < -0.4 is 5.32 Å². The van der Waals surface area contributed by atoms with Crippen molar-refractivity contribution < 1.29 is 18.8 Å². The minimum Gasteiger partial charge on any atom is -0.463 e. The number of benzene rings is 1. The Bertz CT molecular complexity index is 691. The molecule has 21 heavy (non-hydrogen) atoms. The highest BCUT2D eigenvalue weighted by Crippen LogP contribution is 2.27. The molecule has 3 rings (SSSR count). The Morgan fingerprint density at radius 2 is 2.19 bits per heavy atom. The molecule has 0 bridgehead atoms. The van der Waals surface area contributed by atoms with Gasteiger partial charge in [0, 0.05) is 5.39 Å². The number of hydroxylamine groups is 2. The second-order valence-corrected chi connectivity index (χ2v) is 5.03. The fraction of sp³-hybridized carbons (Fsp3) is 0.286. The van der Waals surface area contributed by atoms with Gasteiger partial charge in [-0.15, -0.1) is 0 Å². The summed E-state index contributed by atoms with van der Waals surface area (Å²) in [5.41, 5.74) is 0.872. The first-order valence-corrected chi connectivity index (χ1v) is 6.92. The van der Waals surface area contributed by atoms with Crippen molar-refractivity contribution >= 4 is 34.4 Å². The smallest absolute Gasteiger partial charge is 0.265 e. The maximum absolute atomic E-state index is 12.2. The number of hydrogen-bond acceptors (Lipinski definition) is 4. The lowest BCUT2D eigenvalue weighted by molar-refractivity contribution is -0.167. The minimum atomic E-state index is -0.356. The van der Waals surface area contributed by atoms with E-state index in [1.54, 1.807) is 18.2 Å². The monoisotopic (exact) mass is 308 g/mol. The Morgan fingerprint density at radius 1 is 1.33 bits per heavy atom. The molecule has 0 unspecified atom stereocenters. The van der Waals surface area contributed by atoms with E-state index < -0.39 is 0 Å². The van der Waals surface area contributed by atoms with Gasteiger partial charge in [0.2, 0.25) is 0 Å². The van der Waals surface area contributed by atoms with E-state index >= 15 is 0 Å². The lowest BCUT2D eigenvalue weighted by Crippen LogP contribution is -2.38. The third-order valence-corrected chi connectivity index (χ3v) is 3.54. The van der Waals surface area contributed by atoms with Crippen molar-refractivity contribution in [2.75, 3.05) is 19.7 Å². The van der Waals surface area contributed by atoms with Crippen LogP contribution in [0.25, 0.3) is 11.0 Å². The molecular weight excluding hydrogens is 296 g/mol. The summed E-state index contributed by atoms with van der Waals surface area (Å²) in [6, 6.07) is 4.86. The number of rotatable bonds is 3. The molecule has 0 radical (unpaired) electrons. The first kappa shape index (κ1) is 13.9. The third kappa shape index (κ3) is 2.72. The molecule has 2 aromatic rings. The highest BCUT2D eigenvalue weighted by Gasteiger charge is 2.20. The van der Waals surface area contributed by atoms with Crippen molar-refractivity contribution in [2.24, 2.45) is 0 Å². The summed E-state index contributed by atoms with van der Waals surface area (Å²) in [7, 11) is 0. The van der Waals surface area contributed by atoms with Gasteiger partial charge in [0.05, 0.1) is 36.5 Å². The van der Waals surface area contributed by atoms with Crippen LogP contribution in [0.3, 0.4) is 0 Å². The average molecular weight is 309 g/mol. The van der Waals surface area contributed by atoms with E-state index in [0.717, 1.165) is 6.42 Å². The fourth-order valence-corrected chi connectivity index (χ4v) is 2.42. The molecule has 1 aromatic heterocycles. The second kappa shape index (κ2) is 5.75. The van der Waals surface area contributed by atoms with E-state index in [2.05, 4.69) is 5.32 Å². The van der Waals surface area contributed by atoms with Crippen LogP contribution in [0.1, 0.15) is 16.8 Å².